The number of aromatic nitrogens is 4. The molecule has 4 nitrogen and oxygen atoms in total. The zero-order valence-corrected chi connectivity index (χ0v) is 24.8. The average molecular weight is 612 g/mol. The molecule has 196 valence electrons. The van der Waals surface area contributed by atoms with E-state index in [0.29, 0.717) is 5.82 Å². The van der Waals surface area contributed by atoms with Crippen LogP contribution in [0.4, 0.5) is 0 Å². The first kappa shape index (κ1) is 24.5. The van der Waals surface area contributed by atoms with Crippen LogP contribution in [0.15, 0.2) is 108 Å². The van der Waals surface area contributed by atoms with Crippen molar-refractivity contribution in [2.75, 3.05) is 0 Å². The Kier molecular flexibility index (Phi) is 5.46. The van der Waals surface area contributed by atoms with Crippen LogP contribution in [0.3, 0.4) is 0 Å². The monoisotopic (exact) mass is 610 g/mol. The molecule has 1 aliphatic rings. The Balaban J connectivity index is 1.35. The highest BCUT2D eigenvalue weighted by Crippen LogP contribution is 2.52. The van der Waals surface area contributed by atoms with Crippen molar-refractivity contribution >= 4 is 47.4 Å². The van der Waals surface area contributed by atoms with Crippen molar-refractivity contribution in [3.8, 4) is 45.0 Å². The molecule has 0 spiro atoms. The number of rotatable bonds is 3. The van der Waals surface area contributed by atoms with E-state index in [4.69, 9.17) is 9.97 Å². The van der Waals surface area contributed by atoms with Gasteiger partial charge in [-0.15, -0.1) is 11.3 Å². The minimum atomic E-state index is -0.280. The van der Waals surface area contributed by atoms with Crippen molar-refractivity contribution in [3.05, 3.63) is 119 Å². The van der Waals surface area contributed by atoms with Crippen LogP contribution in [0, 0.1) is 0 Å². The van der Waals surface area contributed by atoms with Crippen LogP contribution in [0.2, 0.25) is 0 Å². The number of halogens is 1. The van der Waals surface area contributed by atoms with Crippen molar-refractivity contribution in [1.82, 2.24) is 19.9 Å². The maximum absolute atomic E-state index is 5.21. The van der Waals surface area contributed by atoms with E-state index in [1.54, 1.807) is 12.4 Å². The molecule has 0 bridgehead atoms. The van der Waals surface area contributed by atoms with Gasteiger partial charge in [-0.3, -0.25) is 4.98 Å². The molecule has 1 aliphatic carbocycles. The molecule has 3 aromatic carbocycles. The number of benzene rings is 3. The summed E-state index contributed by atoms with van der Waals surface area (Å²) in [5, 5.41) is 2.63. The number of hydrogen-bond acceptors (Lipinski definition) is 5. The fraction of sp³-hybridized carbons (Fsp3) is 0.0857. The van der Waals surface area contributed by atoms with Crippen molar-refractivity contribution in [3.63, 3.8) is 0 Å². The highest BCUT2D eigenvalue weighted by molar-refractivity contribution is 9.10. The molecule has 0 unspecified atom stereocenters. The molecule has 41 heavy (non-hydrogen) atoms. The molecular weight excluding hydrogens is 588 g/mol. The molecule has 0 aliphatic heterocycles. The number of thiophene rings is 1. The van der Waals surface area contributed by atoms with Gasteiger partial charge in [-0.05, 0) is 75.1 Å². The largest absolute Gasteiger partial charge is 0.265 e. The molecule has 0 atom stereocenters. The van der Waals surface area contributed by atoms with Gasteiger partial charge in [0.15, 0.2) is 5.82 Å². The Bertz CT molecular complexity index is 2130. The third kappa shape index (κ3) is 3.85. The summed E-state index contributed by atoms with van der Waals surface area (Å²) < 4.78 is 3.42. The Morgan fingerprint density at radius 3 is 2.24 bits per heavy atom. The zero-order chi connectivity index (χ0) is 27.7. The van der Waals surface area contributed by atoms with Crippen LogP contribution in [0.5, 0.6) is 0 Å². The van der Waals surface area contributed by atoms with Crippen molar-refractivity contribution < 1.29 is 0 Å². The molecule has 7 aromatic rings. The second-order valence-electron chi connectivity index (χ2n) is 10.9. The van der Waals surface area contributed by atoms with Crippen molar-refractivity contribution in [2.45, 2.75) is 19.3 Å². The van der Waals surface area contributed by atoms with Gasteiger partial charge < -0.3 is 0 Å². The van der Waals surface area contributed by atoms with E-state index in [9.17, 15) is 0 Å². The number of pyridine rings is 2. The topological polar surface area (TPSA) is 51.6 Å². The maximum atomic E-state index is 5.21. The lowest BCUT2D eigenvalue weighted by Gasteiger charge is -2.23. The van der Waals surface area contributed by atoms with Gasteiger partial charge in [0.05, 0.1) is 11.4 Å². The molecule has 0 saturated carbocycles. The summed E-state index contributed by atoms with van der Waals surface area (Å²) in [7, 11) is 0. The molecule has 0 radical (unpaired) electrons. The second-order valence-corrected chi connectivity index (χ2v) is 12.8. The van der Waals surface area contributed by atoms with Crippen LogP contribution >= 0.6 is 27.3 Å². The van der Waals surface area contributed by atoms with E-state index in [2.05, 4.69) is 106 Å². The molecule has 4 aromatic heterocycles. The van der Waals surface area contributed by atoms with E-state index >= 15 is 0 Å². The molecule has 0 saturated heterocycles. The SMILES string of the molecule is CC1(C)c2ccc(-c3ccc4c(c3)sc3ccccc34)cc2-c2nc(-c3ccncc3)nc(-c3ccc(Br)nc3)c21. The summed E-state index contributed by atoms with van der Waals surface area (Å²) in [6, 6.07) is 30.3. The summed E-state index contributed by atoms with van der Waals surface area (Å²) in [4.78, 5) is 19.1. The van der Waals surface area contributed by atoms with Crippen LogP contribution < -0.4 is 0 Å². The summed E-state index contributed by atoms with van der Waals surface area (Å²) >= 11 is 5.33. The lowest BCUT2D eigenvalue weighted by atomic mass is 9.80. The molecule has 4 heterocycles. The van der Waals surface area contributed by atoms with Crippen LogP contribution in [-0.4, -0.2) is 19.9 Å². The van der Waals surface area contributed by atoms with Crippen LogP contribution in [0.1, 0.15) is 25.0 Å². The Morgan fingerprint density at radius 2 is 1.41 bits per heavy atom. The van der Waals surface area contributed by atoms with E-state index in [-0.39, 0.29) is 5.41 Å². The van der Waals surface area contributed by atoms with E-state index in [0.717, 1.165) is 38.2 Å². The first-order valence-electron chi connectivity index (χ1n) is 13.5. The molecule has 8 rings (SSSR count). The van der Waals surface area contributed by atoms with Gasteiger partial charge in [0.25, 0.3) is 0 Å². The predicted octanol–water partition coefficient (Wildman–Crippen LogP) is 9.70. The van der Waals surface area contributed by atoms with Crippen molar-refractivity contribution in [2.24, 2.45) is 0 Å². The average Bonchev–Trinajstić information content (AvgIpc) is 3.49. The highest BCUT2D eigenvalue weighted by atomic mass is 79.9. The molecular formula is C35H23BrN4S. The summed E-state index contributed by atoms with van der Waals surface area (Å²) in [5.41, 5.74) is 9.45. The van der Waals surface area contributed by atoms with E-state index in [1.807, 2.05) is 35.7 Å². The Labute approximate surface area is 249 Å². The minimum absolute atomic E-state index is 0.280. The normalized spacial score (nSPS) is 13.4. The summed E-state index contributed by atoms with van der Waals surface area (Å²) in [6.45, 7) is 4.54. The van der Waals surface area contributed by atoms with Crippen LogP contribution in [-0.2, 0) is 5.41 Å². The van der Waals surface area contributed by atoms with Gasteiger partial charge in [-0.2, -0.15) is 0 Å². The van der Waals surface area contributed by atoms with Gasteiger partial charge in [-0.1, -0.05) is 56.3 Å². The summed E-state index contributed by atoms with van der Waals surface area (Å²) in [5.74, 6) is 0.685. The first-order chi connectivity index (χ1) is 20.0. The van der Waals surface area contributed by atoms with E-state index in [1.165, 1.54) is 36.9 Å². The molecule has 0 amide bonds. The van der Waals surface area contributed by atoms with Gasteiger partial charge >= 0.3 is 0 Å². The quantitative estimate of drug-likeness (QED) is 0.187. The standard InChI is InChI=1S/C35H23BrN4S/c1-35(2)27-11-8-21(22-7-10-25-24-5-3-4-6-28(24)41-29(25)18-22)17-26(27)33-31(35)32(23-9-12-30(36)38-19-23)39-34(40-33)20-13-15-37-16-14-20/h3-19H,1-2H3. The number of hydrogen-bond donors (Lipinski definition) is 0. The summed E-state index contributed by atoms with van der Waals surface area (Å²) in [6.07, 6.45) is 5.45. The highest BCUT2D eigenvalue weighted by Gasteiger charge is 2.40. The van der Waals surface area contributed by atoms with Gasteiger partial charge in [-0.25, -0.2) is 15.0 Å². The maximum Gasteiger partial charge on any atom is 0.160 e. The number of nitrogens with zero attached hydrogens (tertiary/aromatic N) is 4. The first-order valence-corrected chi connectivity index (χ1v) is 15.1. The third-order valence-electron chi connectivity index (χ3n) is 8.13. The fourth-order valence-corrected chi connectivity index (χ4v) is 7.49. The van der Waals surface area contributed by atoms with Crippen molar-refractivity contribution in [1.29, 1.82) is 0 Å². The smallest absolute Gasteiger partial charge is 0.160 e. The predicted molar refractivity (Wildman–Crippen MR) is 172 cm³/mol. The molecule has 0 N–H and O–H groups in total. The zero-order valence-electron chi connectivity index (χ0n) is 22.4. The molecule has 6 heteroatoms. The fourth-order valence-electron chi connectivity index (χ4n) is 6.11. The second kappa shape index (κ2) is 9.13. The Morgan fingerprint density at radius 1 is 0.683 bits per heavy atom. The van der Waals surface area contributed by atoms with Gasteiger partial charge in [0, 0.05) is 66.4 Å². The van der Waals surface area contributed by atoms with Gasteiger partial charge in [0.1, 0.15) is 4.60 Å². The van der Waals surface area contributed by atoms with Gasteiger partial charge in [0.2, 0.25) is 0 Å². The van der Waals surface area contributed by atoms with E-state index < -0.39 is 0 Å². The minimum Gasteiger partial charge on any atom is -0.265 e. The van der Waals surface area contributed by atoms with Crippen LogP contribution in [0.25, 0.3) is 65.2 Å². The molecule has 0 fully saturated rings. The lowest BCUT2D eigenvalue weighted by Crippen LogP contribution is -2.17. The number of fused-ring (bicyclic) bond motifs is 6. The Hall–Kier alpha value is -4.26. The lowest BCUT2D eigenvalue weighted by molar-refractivity contribution is 0.658. The third-order valence-corrected chi connectivity index (χ3v) is 9.74.